The maximum Gasteiger partial charge on any atom is 0.338 e. The number of carboxylic acids is 1. The second-order valence-electron chi connectivity index (χ2n) is 7.84. The number of methoxy groups -OCH3 is 2. The fraction of sp³-hybridized carbons (Fsp3) is 0.231. The lowest BCUT2D eigenvalue weighted by atomic mass is 9.95. The summed E-state index contributed by atoms with van der Waals surface area (Å²) < 4.78 is 18.1. The van der Waals surface area contributed by atoms with Gasteiger partial charge in [-0.2, -0.15) is 0 Å². The molecule has 0 saturated heterocycles. The van der Waals surface area contributed by atoms with Crippen molar-refractivity contribution < 1.29 is 28.9 Å². The summed E-state index contributed by atoms with van der Waals surface area (Å²) in [6.07, 6.45) is 1.67. The number of benzene rings is 2. The van der Waals surface area contributed by atoms with E-state index in [0.29, 0.717) is 37.7 Å². The Kier molecular flexibility index (Phi) is 7.07. The standard InChI is InChI=1S/C26H24N2O7S/c1-5-35-25(32)21-14(2)27-26-28(22(21)18-11-10-17(33-3)13-19(18)34-4)23(29)20(36-26)12-15-6-8-16(9-7-15)24(30)31/h6-13,22H,5H2,1-4H3,(H,30,31)/b20-12-/t22-/m1/s1. The largest absolute Gasteiger partial charge is 0.497 e. The Hall–Kier alpha value is -4.18. The van der Waals surface area contributed by atoms with Crippen LogP contribution < -0.4 is 24.4 Å². The molecule has 0 unspecified atom stereocenters. The number of esters is 1. The molecule has 0 aliphatic carbocycles. The summed E-state index contributed by atoms with van der Waals surface area (Å²) in [5.74, 6) is -0.600. The Bertz CT molecular complexity index is 1550. The Morgan fingerprint density at radius 3 is 2.47 bits per heavy atom. The highest BCUT2D eigenvalue weighted by Gasteiger charge is 2.35. The summed E-state index contributed by atoms with van der Waals surface area (Å²) in [6.45, 7) is 3.58. The van der Waals surface area contributed by atoms with Crippen molar-refractivity contribution in [2.24, 2.45) is 4.99 Å². The molecule has 186 valence electrons. The highest BCUT2D eigenvalue weighted by Crippen LogP contribution is 2.37. The molecule has 0 radical (unpaired) electrons. The van der Waals surface area contributed by atoms with Gasteiger partial charge in [0.05, 0.1) is 42.2 Å². The molecule has 2 heterocycles. The van der Waals surface area contributed by atoms with Crippen molar-refractivity contribution in [2.75, 3.05) is 20.8 Å². The van der Waals surface area contributed by atoms with Crippen LogP contribution in [0.25, 0.3) is 6.08 Å². The molecule has 3 aromatic rings. The molecule has 0 bridgehead atoms. The van der Waals surface area contributed by atoms with Gasteiger partial charge >= 0.3 is 11.9 Å². The normalized spacial score (nSPS) is 15.2. The third kappa shape index (κ3) is 4.55. The fourth-order valence-electron chi connectivity index (χ4n) is 4.00. The number of aromatic nitrogens is 1. The van der Waals surface area contributed by atoms with Crippen LogP contribution in [-0.4, -0.2) is 42.4 Å². The molecule has 1 aromatic heterocycles. The predicted molar refractivity (Wildman–Crippen MR) is 133 cm³/mol. The number of rotatable bonds is 7. The highest BCUT2D eigenvalue weighted by atomic mass is 32.1. The minimum absolute atomic E-state index is 0.148. The first-order chi connectivity index (χ1) is 17.3. The van der Waals surface area contributed by atoms with Crippen LogP contribution in [0, 0.1) is 0 Å². The van der Waals surface area contributed by atoms with Gasteiger partial charge < -0.3 is 19.3 Å². The lowest BCUT2D eigenvalue weighted by Crippen LogP contribution is -2.40. The number of ether oxygens (including phenoxy) is 3. The molecular weight excluding hydrogens is 484 g/mol. The van der Waals surface area contributed by atoms with Gasteiger partial charge in [-0.3, -0.25) is 9.36 Å². The third-order valence-corrected chi connectivity index (χ3v) is 6.69. The highest BCUT2D eigenvalue weighted by molar-refractivity contribution is 7.07. The first-order valence-corrected chi connectivity index (χ1v) is 11.9. The van der Waals surface area contributed by atoms with Gasteiger partial charge in [0, 0.05) is 11.6 Å². The monoisotopic (exact) mass is 508 g/mol. The zero-order valence-electron chi connectivity index (χ0n) is 20.1. The van der Waals surface area contributed by atoms with Crippen molar-refractivity contribution in [2.45, 2.75) is 19.9 Å². The second kappa shape index (κ2) is 10.2. The number of fused-ring (bicyclic) bond motifs is 1. The molecule has 4 rings (SSSR count). The average Bonchev–Trinajstić information content (AvgIpc) is 3.17. The van der Waals surface area contributed by atoms with E-state index in [9.17, 15) is 14.4 Å². The predicted octanol–water partition coefficient (Wildman–Crippen LogP) is 2.51. The summed E-state index contributed by atoms with van der Waals surface area (Å²) in [4.78, 5) is 42.8. The first kappa shape index (κ1) is 24.9. The van der Waals surface area contributed by atoms with Crippen LogP contribution in [0.15, 0.2) is 63.5 Å². The van der Waals surface area contributed by atoms with Crippen molar-refractivity contribution in [3.05, 3.63) is 90.1 Å². The zero-order chi connectivity index (χ0) is 26.0. The molecule has 1 N–H and O–H groups in total. The van der Waals surface area contributed by atoms with E-state index in [1.165, 1.54) is 42.3 Å². The van der Waals surface area contributed by atoms with Gasteiger partial charge in [-0.15, -0.1) is 0 Å². The minimum Gasteiger partial charge on any atom is -0.497 e. The van der Waals surface area contributed by atoms with Crippen LogP contribution in [0.4, 0.5) is 0 Å². The van der Waals surface area contributed by atoms with Crippen LogP contribution in [0.3, 0.4) is 0 Å². The lowest BCUT2D eigenvalue weighted by molar-refractivity contribution is -0.139. The van der Waals surface area contributed by atoms with E-state index in [1.807, 2.05) is 0 Å². The molecule has 0 fully saturated rings. The summed E-state index contributed by atoms with van der Waals surface area (Å²) in [5.41, 5.74) is 1.72. The van der Waals surface area contributed by atoms with Crippen molar-refractivity contribution in [3.63, 3.8) is 0 Å². The molecule has 10 heteroatoms. The Morgan fingerprint density at radius 1 is 1.14 bits per heavy atom. The Labute approximate surface area is 210 Å². The molecule has 1 aliphatic rings. The minimum atomic E-state index is -1.03. The van der Waals surface area contributed by atoms with Gasteiger partial charge in [0.15, 0.2) is 4.80 Å². The van der Waals surface area contributed by atoms with Gasteiger partial charge in [0.2, 0.25) is 0 Å². The topological polar surface area (TPSA) is 116 Å². The number of carbonyl (C=O) groups is 2. The van der Waals surface area contributed by atoms with Crippen LogP contribution in [0.5, 0.6) is 11.5 Å². The Balaban J connectivity index is 1.95. The smallest absolute Gasteiger partial charge is 0.338 e. The van der Waals surface area contributed by atoms with Gasteiger partial charge in [-0.1, -0.05) is 23.5 Å². The number of hydrogen-bond acceptors (Lipinski definition) is 8. The SMILES string of the molecule is CCOC(=O)C1=C(C)N=c2s/c(=C\c3ccc(C(=O)O)cc3)c(=O)n2[C@@H]1c1ccc(OC)cc1OC. The Morgan fingerprint density at radius 2 is 1.86 bits per heavy atom. The summed E-state index contributed by atoms with van der Waals surface area (Å²) in [5, 5.41) is 9.13. The van der Waals surface area contributed by atoms with Crippen molar-refractivity contribution in [1.82, 2.24) is 4.57 Å². The average molecular weight is 509 g/mol. The first-order valence-electron chi connectivity index (χ1n) is 11.0. The van der Waals surface area contributed by atoms with E-state index in [1.54, 1.807) is 50.3 Å². The van der Waals surface area contributed by atoms with Crippen LogP contribution >= 0.6 is 11.3 Å². The summed E-state index contributed by atoms with van der Waals surface area (Å²) in [7, 11) is 3.04. The maximum atomic E-state index is 13.7. The number of aromatic carboxylic acids is 1. The lowest BCUT2D eigenvalue weighted by Gasteiger charge is -2.26. The molecule has 2 aromatic carbocycles. The second-order valence-corrected chi connectivity index (χ2v) is 8.85. The molecule has 1 atom stereocenters. The van der Waals surface area contributed by atoms with Gasteiger partial charge in [0.1, 0.15) is 17.5 Å². The van der Waals surface area contributed by atoms with E-state index >= 15 is 0 Å². The quantitative estimate of drug-likeness (QED) is 0.488. The van der Waals surface area contributed by atoms with Gasteiger partial charge in [-0.25, -0.2) is 14.6 Å². The fourth-order valence-corrected chi connectivity index (χ4v) is 5.05. The molecule has 36 heavy (non-hydrogen) atoms. The van der Waals surface area contributed by atoms with E-state index in [-0.39, 0.29) is 23.3 Å². The van der Waals surface area contributed by atoms with Crippen molar-refractivity contribution >= 4 is 29.4 Å². The van der Waals surface area contributed by atoms with Crippen LogP contribution in [-0.2, 0) is 9.53 Å². The van der Waals surface area contributed by atoms with Gasteiger partial charge in [0.25, 0.3) is 5.56 Å². The number of hydrogen-bond donors (Lipinski definition) is 1. The van der Waals surface area contributed by atoms with Crippen LogP contribution in [0.1, 0.15) is 41.4 Å². The van der Waals surface area contributed by atoms with Crippen molar-refractivity contribution in [1.29, 1.82) is 0 Å². The molecule has 0 spiro atoms. The summed E-state index contributed by atoms with van der Waals surface area (Å²) >= 11 is 1.18. The van der Waals surface area contributed by atoms with E-state index in [0.717, 1.165) is 0 Å². The molecule has 9 nitrogen and oxygen atoms in total. The number of nitrogens with zero attached hydrogens (tertiary/aromatic N) is 2. The molecular formula is C26H24N2O7S. The van der Waals surface area contributed by atoms with E-state index in [4.69, 9.17) is 19.3 Å². The third-order valence-electron chi connectivity index (χ3n) is 5.71. The zero-order valence-corrected chi connectivity index (χ0v) is 20.9. The number of thiazole rings is 1. The van der Waals surface area contributed by atoms with E-state index < -0.39 is 18.0 Å². The maximum absolute atomic E-state index is 13.7. The molecule has 1 aliphatic heterocycles. The molecule has 0 amide bonds. The van der Waals surface area contributed by atoms with Gasteiger partial charge in [-0.05, 0) is 49.8 Å². The number of allylic oxidation sites excluding steroid dienone is 1. The number of carbonyl (C=O) groups excluding carboxylic acids is 1. The molecule has 0 saturated carbocycles. The van der Waals surface area contributed by atoms with E-state index in [2.05, 4.69) is 4.99 Å². The summed E-state index contributed by atoms with van der Waals surface area (Å²) in [6, 6.07) is 10.5. The van der Waals surface area contributed by atoms with Crippen LogP contribution in [0.2, 0.25) is 0 Å². The number of carboxylic acid groups (broad SMARTS) is 1. The van der Waals surface area contributed by atoms with Crippen molar-refractivity contribution in [3.8, 4) is 11.5 Å².